The minimum atomic E-state index is -0.222. The summed E-state index contributed by atoms with van der Waals surface area (Å²) in [5.41, 5.74) is 5.76. The van der Waals surface area contributed by atoms with Gasteiger partial charge in [0.1, 0.15) is 5.82 Å². The molecule has 0 bridgehead atoms. The molecule has 7 nitrogen and oxygen atoms in total. The standard InChI is InChI=1S/C27H27FN6O/c1-20-24(18-32-13-15-33(16-14-32)23-9-7-22(28)8-10-23)27(26(31-20)21-5-3-2-4-6-21)34(19-35)25-17-29-11-12-30-25/h2-12,17,19,31H,13-16,18H2,1H3. The summed E-state index contributed by atoms with van der Waals surface area (Å²) in [4.78, 5) is 30.7. The van der Waals surface area contributed by atoms with Crippen LogP contribution in [0.15, 0.2) is 73.2 Å². The maximum Gasteiger partial charge on any atom is 0.220 e. The minimum Gasteiger partial charge on any atom is -0.369 e. The Morgan fingerprint density at radius 2 is 1.77 bits per heavy atom. The van der Waals surface area contributed by atoms with E-state index in [1.165, 1.54) is 12.1 Å². The molecule has 4 aromatic rings. The van der Waals surface area contributed by atoms with Crippen molar-refractivity contribution >= 4 is 23.6 Å². The number of amides is 1. The van der Waals surface area contributed by atoms with Gasteiger partial charge >= 0.3 is 0 Å². The van der Waals surface area contributed by atoms with E-state index in [1.807, 2.05) is 49.4 Å². The van der Waals surface area contributed by atoms with Crippen molar-refractivity contribution in [1.29, 1.82) is 0 Å². The van der Waals surface area contributed by atoms with Crippen LogP contribution >= 0.6 is 0 Å². The van der Waals surface area contributed by atoms with Crippen LogP contribution < -0.4 is 9.80 Å². The van der Waals surface area contributed by atoms with Crippen molar-refractivity contribution in [2.45, 2.75) is 13.5 Å². The minimum absolute atomic E-state index is 0.222. The number of hydrogen-bond donors (Lipinski definition) is 1. The average Bonchev–Trinajstić information content (AvgIpc) is 3.22. The van der Waals surface area contributed by atoms with Crippen LogP contribution in [0.4, 0.5) is 21.6 Å². The lowest BCUT2D eigenvalue weighted by molar-refractivity contribution is -0.106. The highest BCUT2D eigenvalue weighted by molar-refractivity contribution is 5.94. The number of aryl methyl sites for hydroxylation is 1. The molecule has 8 heteroatoms. The normalized spacial score (nSPS) is 14.2. The zero-order valence-corrected chi connectivity index (χ0v) is 19.6. The molecule has 0 radical (unpaired) electrons. The van der Waals surface area contributed by atoms with Gasteiger partial charge in [-0.1, -0.05) is 30.3 Å². The van der Waals surface area contributed by atoms with Crippen LogP contribution in [0.5, 0.6) is 0 Å². The molecule has 0 saturated carbocycles. The van der Waals surface area contributed by atoms with Crippen molar-refractivity contribution in [1.82, 2.24) is 19.9 Å². The van der Waals surface area contributed by atoms with Gasteiger partial charge in [-0.2, -0.15) is 0 Å². The summed E-state index contributed by atoms with van der Waals surface area (Å²) in [6, 6.07) is 16.7. The Bertz CT molecular complexity index is 1270. The van der Waals surface area contributed by atoms with Gasteiger partial charge in [0.25, 0.3) is 0 Å². The van der Waals surface area contributed by atoms with Gasteiger partial charge in [-0.05, 0) is 31.2 Å². The van der Waals surface area contributed by atoms with Crippen LogP contribution in [0.25, 0.3) is 11.3 Å². The number of H-pyrrole nitrogens is 1. The predicted molar refractivity (Wildman–Crippen MR) is 135 cm³/mol. The Kier molecular flexibility index (Phi) is 6.54. The first-order valence-corrected chi connectivity index (χ1v) is 11.6. The van der Waals surface area contributed by atoms with Crippen molar-refractivity contribution in [3.63, 3.8) is 0 Å². The highest BCUT2D eigenvalue weighted by Gasteiger charge is 2.26. The van der Waals surface area contributed by atoms with Gasteiger partial charge in [-0.3, -0.25) is 19.6 Å². The number of aromatic nitrogens is 3. The fraction of sp³-hybridized carbons (Fsp3) is 0.222. The fourth-order valence-corrected chi connectivity index (χ4v) is 4.60. The molecule has 0 unspecified atom stereocenters. The molecule has 0 aliphatic carbocycles. The molecule has 3 heterocycles. The van der Waals surface area contributed by atoms with E-state index in [0.29, 0.717) is 12.4 Å². The second kappa shape index (κ2) is 10.1. The topological polar surface area (TPSA) is 68.4 Å². The molecule has 0 atom stereocenters. The largest absolute Gasteiger partial charge is 0.369 e. The molecule has 35 heavy (non-hydrogen) atoms. The van der Waals surface area contributed by atoms with E-state index in [0.717, 1.165) is 66.5 Å². The van der Waals surface area contributed by atoms with Crippen LogP contribution in [0.1, 0.15) is 11.3 Å². The van der Waals surface area contributed by atoms with Gasteiger partial charge < -0.3 is 9.88 Å². The maximum absolute atomic E-state index is 13.3. The smallest absolute Gasteiger partial charge is 0.220 e. The molecule has 1 saturated heterocycles. The summed E-state index contributed by atoms with van der Waals surface area (Å²) >= 11 is 0. The summed E-state index contributed by atoms with van der Waals surface area (Å²) in [7, 11) is 0. The second-order valence-electron chi connectivity index (χ2n) is 8.60. The Morgan fingerprint density at radius 1 is 1.03 bits per heavy atom. The Balaban J connectivity index is 1.44. The Hall–Kier alpha value is -4.04. The number of nitrogens with one attached hydrogen (secondary N) is 1. The first-order chi connectivity index (χ1) is 17.1. The highest BCUT2D eigenvalue weighted by Crippen LogP contribution is 2.39. The average molecular weight is 471 g/mol. The second-order valence-corrected chi connectivity index (χ2v) is 8.60. The molecule has 178 valence electrons. The van der Waals surface area contributed by atoms with Gasteiger partial charge in [0.2, 0.25) is 6.41 Å². The number of piperazine rings is 1. The number of aromatic amines is 1. The number of anilines is 3. The third kappa shape index (κ3) is 4.79. The van der Waals surface area contributed by atoms with Crippen LogP contribution in [0.2, 0.25) is 0 Å². The molecule has 0 spiro atoms. The lowest BCUT2D eigenvalue weighted by Gasteiger charge is -2.36. The highest BCUT2D eigenvalue weighted by atomic mass is 19.1. The first kappa shape index (κ1) is 22.7. The molecule has 2 aromatic heterocycles. The lowest BCUT2D eigenvalue weighted by Crippen LogP contribution is -2.46. The van der Waals surface area contributed by atoms with Gasteiger partial charge in [-0.25, -0.2) is 9.37 Å². The summed E-state index contributed by atoms with van der Waals surface area (Å²) in [6.07, 6.45) is 5.57. The molecular formula is C27H27FN6O. The van der Waals surface area contributed by atoms with Crippen LogP contribution in [0.3, 0.4) is 0 Å². The van der Waals surface area contributed by atoms with Crippen molar-refractivity contribution in [2.75, 3.05) is 36.0 Å². The van der Waals surface area contributed by atoms with E-state index < -0.39 is 0 Å². The zero-order chi connectivity index (χ0) is 24.2. The maximum atomic E-state index is 13.3. The van der Waals surface area contributed by atoms with Crippen LogP contribution in [0, 0.1) is 12.7 Å². The summed E-state index contributed by atoms with van der Waals surface area (Å²) in [6.45, 7) is 6.13. The van der Waals surface area contributed by atoms with E-state index in [9.17, 15) is 9.18 Å². The molecular weight excluding hydrogens is 443 g/mol. The number of hydrogen-bond acceptors (Lipinski definition) is 5. The van der Waals surface area contributed by atoms with E-state index in [4.69, 9.17) is 0 Å². The number of benzene rings is 2. The summed E-state index contributed by atoms with van der Waals surface area (Å²) in [5.74, 6) is 0.251. The van der Waals surface area contributed by atoms with Crippen molar-refractivity contribution in [2.24, 2.45) is 0 Å². The molecule has 1 fully saturated rings. The van der Waals surface area contributed by atoms with E-state index >= 15 is 0 Å². The van der Waals surface area contributed by atoms with E-state index in [2.05, 4.69) is 24.8 Å². The molecule has 1 aliphatic rings. The summed E-state index contributed by atoms with van der Waals surface area (Å²) in [5, 5.41) is 0. The SMILES string of the molecule is Cc1[nH]c(-c2ccccc2)c(N(C=O)c2cnccn2)c1CN1CCN(c2ccc(F)cc2)CC1. The third-order valence-corrected chi connectivity index (χ3v) is 6.44. The van der Waals surface area contributed by atoms with Gasteiger partial charge in [-0.15, -0.1) is 0 Å². The third-order valence-electron chi connectivity index (χ3n) is 6.44. The van der Waals surface area contributed by atoms with Crippen molar-refractivity contribution < 1.29 is 9.18 Å². The van der Waals surface area contributed by atoms with Gasteiger partial charge in [0, 0.05) is 67.6 Å². The summed E-state index contributed by atoms with van der Waals surface area (Å²) < 4.78 is 13.3. The first-order valence-electron chi connectivity index (χ1n) is 11.6. The van der Waals surface area contributed by atoms with Gasteiger partial charge in [0.15, 0.2) is 5.82 Å². The van der Waals surface area contributed by atoms with Crippen molar-refractivity contribution in [3.8, 4) is 11.3 Å². The molecule has 5 rings (SSSR count). The fourth-order valence-electron chi connectivity index (χ4n) is 4.60. The number of carbonyl (C=O) groups excluding carboxylic acids is 1. The quantitative estimate of drug-likeness (QED) is 0.402. The number of nitrogens with zero attached hydrogens (tertiary/aromatic N) is 5. The van der Waals surface area contributed by atoms with Crippen molar-refractivity contribution in [3.05, 3.63) is 90.3 Å². The predicted octanol–water partition coefficient (Wildman–Crippen LogP) is 4.54. The monoisotopic (exact) mass is 470 g/mol. The van der Waals surface area contributed by atoms with Crippen LogP contribution in [-0.2, 0) is 11.3 Å². The molecule has 1 amide bonds. The van der Waals surface area contributed by atoms with Crippen LogP contribution in [-0.4, -0.2) is 52.4 Å². The Labute approximate surface area is 203 Å². The van der Waals surface area contributed by atoms with E-state index in [-0.39, 0.29) is 5.82 Å². The lowest BCUT2D eigenvalue weighted by atomic mass is 10.1. The molecule has 2 aromatic carbocycles. The zero-order valence-electron chi connectivity index (χ0n) is 19.6. The van der Waals surface area contributed by atoms with E-state index in [1.54, 1.807) is 23.5 Å². The number of rotatable bonds is 7. The molecule has 1 N–H and O–H groups in total. The van der Waals surface area contributed by atoms with Gasteiger partial charge in [0.05, 0.1) is 17.6 Å². The number of carbonyl (C=O) groups is 1. The Morgan fingerprint density at radius 3 is 2.43 bits per heavy atom. The number of halogens is 1. The molecule has 1 aliphatic heterocycles.